The van der Waals surface area contributed by atoms with Crippen molar-refractivity contribution in [2.75, 3.05) is 13.1 Å². The quantitative estimate of drug-likeness (QED) is 0.927. The topological polar surface area (TPSA) is 42.7 Å². The van der Waals surface area contributed by atoms with Crippen molar-refractivity contribution < 1.29 is 0 Å². The van der Waals surface area contributed by atoms with Crippen LogP contribution in [0, 0.1) is 5.92 Å². The summed E-state index contributed by atoms with van der Waals surface area (Å²) in [4.78, 5) is 4.06. The van der Waals surface area contributed by atoms with Crippen molar-refractivity contribution in [2.24, 2.45) is 13.0 Å². The van der Waals surface area contributed by atoms with Crippen LogP contribution in [-0.2, 0) is 13.5 Å². The minimum absolute atomic E-state index is 0.871. The molecule has 0 bridgehead atoms. The van der Waals surface area contributed by atoms with E-state index in [-0.39, 0.29) is 0 Å². The number of hydrogen-bond donors (Lipinski definition) is 1. The van der Waals surface area contributed by atoms with Gasteiger partial charge < -0.3 is 5.32 Å². The Balaban J connectivity index is 1.66. The molecule has 2 aromatic heterocycles. The van der Waals surface area contributed by atoms with Crippen molar-refractivity contribution in [1.29, 1.82) is 0 Å². The minimum atomic E-state index is 0.871. The van der Waals surface area contributed by atoms with Crippen LogP contribution in [0.25, 0.3) is 11.3 Å². The fourth-order valence-electron chi connectivity index (χ4n) is 2.93. The normalized spacial score (nSPS) is 16.4. The molecule has 4 nitrogen and oxygen atoms in total. The maximum atomic E-state index is 4.62. The van der Waals surface area contributed by atoms with Gasteiger partial charge in [-0.3, -0.25) is 9.67 Å². The van der Waals surface area contributed by atoms with E-state index in [4.69, 9.17) is 0 Å². The fraction of sp³-hybridized carbons (Fsp3) is 0.500. The van der Waals surface area contributed by atoms with E-state index < -0.39 is 0 Å². The van der Waals surface area contributed by atoms with Crippen LogP contribution in [0.2, 0.25) is 0 Å². The second kappa shape index (κ2) is 6.18. The minimum Gasteiger partial charge on any atom is -0.317 e. The standard InChI is InChI=1S/C16H22N4/c1-20-15(3-2-13-4-8-17-9-5-13)12-16(19-20)14-6-10-18-11-7-14/h6-7,10-13,17H,2-5,8-9H2,1H3. The van der Waals surface area contributed by atoms with Gasteiger partial charge in [0, 0.05) is 30.7 Å². The summed E-state index contributed by atoms with van der Waals surface area (Å²) in [5.41, 5.74) is 3.52. The number of pyridine rings is 1. The number of rotatable bonds is 4. The number of hydrogen-bond acceptors (Lipinski definition) is 3. The van der Waals surface area contributed by atoms with Crippen LogP contribution in [0.4, 0.5) is 0 Å². The summed E-state index contributed by atoms with van der Waals surface area (Å²) in [6.07, 6.45) is 8.66. The Labute approximate surface area is 120 Å². The molecule has 0 aromatic carbocycles. The van der Waals surface area contributed by atoms with Crippen molar-refractivity contribution in [3.05, 3.63) is 36.3 Å². The summed E-state index contributed by atoms with van der Waals surface area (Å²) < 4.78 is 2.02. The van der Waals surface area contributed by atoms with Crippen LogP contribution in [0.3, 0.4) is 0 Å². The van der Waals surface area contributed by atoms with E-state index in [1.807, 2.05) is 36.3 Å². The van der Waals surface area contributed by atoms with E-state index in [1.165, 1.54) is 38.0 Å². The zero-order chi connectivity index (χ0) is 13.8. The first-order valence-corrected chi connectivity index (χ1v) is 7.47. The van der Waals surface area contributed by atoms with E-state index in [0.29, 0.717) is 0 Å². The van der Waals surface area contributed by atoms with Gasteiger partial charge >= 0.3 is 0 Å². The Morgan fingerprint density at radius 1 is 1.25 bits per heavy atom. The second-order valence-corrected chi connectivity index (χ2v) is 5.61. The van der Waals surface area contributed by atoms with Crippen LogP contribution in [0.15, 0.2) is 30.6 Å². The molecule has 1 fully saturated rings. The van der Waals surface area contributed by atoms with Gasteiger partial charge in [-0.2, -0.15) is 5.10 Å². The largest absolute Gasteiger partial charge is 0.317 e. The highest BCUT2D eigenvalue weighted by atomic mass is 15.3. The molecule has 2 aromatic rings. The zero-order valence-corrected chi connectivity index (χ0v) is 12.0. The molecule has 3 rings (SSSR count). The Kier molecular flexibility index (Phi) is 4.11. The smallest absolute Gasteiger partial charge is 0.0927 e. The third-order valence-corrected chi connectivity index (χ3v) is 4.22. The third-order valence-electron chi connectivity index (χ3n) is 4.22. The monoisotopic (exact) mass is 270 g/mol. The second-order valence-electron chi connectivity index (χ2n) is 5.61. The molecule has 20 heavy (non-hydrogen) atoms. The average molecular weight is 270 g/mol. The average Bonchev–Trinajstić information content (AvgIpc) is 2.88. The zero-order valence-electron chi connectivity index (χ0n) is 12.0. The van der Waals surface area contributed by atoms with Crippen molar-refractivity contribution >= 4 is 0 Å². The third kappa shape index (κ3) is 3.07. The first kappa shape index (κ1) is 13.3. The lowest BCUT2D eigenvalue weighted by Gasteiger charge is -2.22. The number of aromatic nitrogens is 3. The lowest BCUT2D eigenvalue weighted by atomic mass is 9.92. The highest BCUT2D eigenvalue weighted by molar-refractivity contribution is 5.58. The van der Waals surface area contributed by atoms with Crippen molar-refractivity contribution in [3.63, 3.8) is 0 Å². The summed E-state index contributed by atoms with van der Waals surface area (Å²) >= 11 is 0. The number of nitrogens with zero attached hydrogens (tertiary/aromatic N) is 3. The van der Waals surface area contributed by atoms with Gasteiger partial charge in [-0.1, -0.05) is 0 Å². The van der Waals surface area contributed by atoms with E-state index in [1.54, 1.807) is 0 Å². The highest BCUT2D eigenvalue weighted by Gasteiger charge is 2.14. The summed E-state index contributed by atoms with van der Waals surface area (Å²) in [7, 11) is 2.04. The molecule has 0 aliphatic carbocycles. The molecule has 0 amide bonds. The van der Waals surface area contributed by atoms with Gasteiger partial charge in [-0.15, -0.1) is 0 Å². The van der Waals surface area contributed by atoms with Gasteiger partial charge in [0.15, 0.2) is 0 Å². The molecule has 0 radical (unpaired) electrons. The molecule has 1 aliphatic rings. The Morgan fingerprint density at radius 2 is 2.00 bits per heavy atom. The molecule has 1 aliphatic heterocycles. The lowest BCUT2D eigenvalue weighted by Crippen LogP contribution is -2.28. The maximum absolute atomic E-state index is 4.62. The molecular formula is C16H22N4. The van der Waals surface area contributed by atoms with Crippen molar-refractivity contribution in [3.8, 4) is 11.3 Å². The van der Waals surface area contributed by atoms with Gasteiger partial charge in [0.05, 0.1) is 5.69 Å². The molecule has 106 valence electrons. The molecule has 4 heteroatoms. The van der Waals surface area contributed by atoms with Crippen LogP contribution >= 0.6 is 0 Å². The summed E-state index contributed by atoms with van der Waals surface area (Å²) in [5.74, 6) is 0.871. The molecule has 1 saturated heterocycles. The van der Waals surface area contributed by atoms with E-state index >= 15 is 0 Å². The summed E-state index contributed by atoms with van der Waals surface area (Å²) in [6.45, 7) is 2.36. The Hall–Kier alpha value is -1.68. The number of nitrogens with one attached hydrogen (secondary N) is 1. The first-order chi connectivity index (χ1) is 9.83. The highest BCUT2D eigenvalue weighted by Crippen LogP contribution is 2.22. The SMILES string of the molecule is Cn1nc(-c2ccncc2)cc1CCC1CCNCC1. The van der Waals surface area contributed by atoms with Crippen molar-refractivity contribution in [2.45, 2.75) is 25.7 Å². The molecule has 0 spiro atoms. The van der Waals surface area contributed by atoms with Crippen LogP contribution in [0.1, 0.15) is 25.0 Å². The van der Waals surface area contributed by atoms with Gasteiger partial charge in [0.1, 0.15) is 0 Å². The van der Waals surface area contributed by atoms with Crippen LogP contribution < -0.4 is 5.32 Å². The Morgan fingerprint density at radius 3 is 2.75 bits per heavy atom. The summed E-state index contributed by atoms with van der Waals surface area (Å²) in [6, 6.07) is 6.24. The van der Waals surface area contributed by atoms with E-state index in [0.717, 1.165) is 23.6 Å². The van der Waals surface area contributed by atoms with Crippen LogP contribution in [0.5, 0.6) is 0 Å². The molecule has 0 atom stereocenters. The van der Waals surface area contributed by atoms with E-state index in [9.17, 15) is 0 Å². The first-order valence-electron chi connectivity index (χ1n) is 7.47. The molecule has 3 heterocycles. The lowest BCUT2D eigenvalue weighted by molar-refractivity contribution is 0.352. The predicted molar refractivity (Wildman–Crippen MR) is 80.4 cm³/mol. The summed E-state index contributed by atoms with van der Waals surface area (Å²) in [5, 5.41) is 8.05. The fourth-order valence-corrected chi connectivity index (χ4v) is 2.93. The van der Waals surface area contributed by atoms with E-state index in [2.05, 4.69) is 21.5 Å². The van der Waals surface area contributed by atoms with Gasteiger partial charge in [0.25, 0.3) is 0 Å². The molecule has 1 N–H and O–H groups in total. The number of piperidine rings is 1. The van der Waals surface area contributed by atoms with Crippen molar-refractivity contribution in [1.82, 2.24) is 20.1 Å². The predicted octanol–water partition coefficient (Wildman–Crippen LogP) is 2.41. The molecule has 0 unspecified atom stereocenters. The maximum Gasteiger partial charge on any atom is 0.0927 e. The molecular weight excluding hydrogens is 248 g/mol. The van der Waals surface area contributed by atoms with Crippen LogP contribution in [-0.4, -0.2) is 27.9 Å². The number of aryl methyl sites for hydroxylation is 2. The van der Waals surface area contributed by atoms with Gasteiger partial charge in [0.2, 0.25) is 0 Å². The Bertz CT molecular complexity index is 541. The van der Waals surface area contributed by atoms with Gasteiger partial charge in [-0.25, -0.2) is 0 Å². The van der Waals surface area contributed by atoms with Gasteiger partial charge in [-0.05, 0) is 62.9 Å². The molecule has 0 saturated carbocycles.